The number of carbonyl (C=O) groups excluding carboxylic acids is 2. The second-order valence-electron chi connectivity index (χ2n) is 6.74. The Kier molecular flexibility index (Phi) is 4.55. The molecule has 1 fully saturated rings. The number of anilines is 1. The number of carbonyl (C=O) groups is 2. The van der Waals surface area contributed by atoms with Crippen molar-refractivity contribution >= 4 is 29.1 Å². The maximum Gasteiger partial charge on any atom is 0.261 e. The van der Waals surface area contributed by atoms with E-state index in [2.05, 4.69) is 10.6 Å². The van der Waals surface area contributed by atoms with E-state index in [1.807, 2.05) is 30.3 Å². The molecule has 1 aliphatic heterocycles. The van der Waals surface area contributed by atoms with Crippen LogP contribution in [0.15, 0.2) is 42.5 Å². The molecule has 2 aromatic carbocycles. The number of halogens is 1. The van der Waals surface area contributed by atoms with Crippen LogP contribution in [0, 0.1) is 5.92 Å². The maximum atomic E-state index is 12.3. The minimum atomic E-state index is -0.527. The lowest BCUT2D eigenvalue weighted by molar-refractivity contribution is -0.127. The monoisotopic (exact) mass is 370 g/mol. The van der Waals surface area contributed by atoms with Crippen molar-refractivity contribution in [2.45, 2.75) is 31.9 Å². The number of hydrogen-bond acceptors (Lipinski definition) is 3. The summed E-state index contributed by atoms with van der Waals surface area (Å²) in [6.07, 6.45) is 1.96. The van der Waals surface area contributed by atoms with Gasteiger partial charge in [0, 0.05) is 29.6 Å². The third-order valence-corrected chi connectivity index (χ3v) is 4.86. The van der Waals surface area contributed by atoms with Crippen LogP contribution in [0.5, 0.6) is 5.75 Å². The molecule has 134 valence electrons. The number of amides is 2. The molecule has 0 saturated heterocycles. The summed E-state index contributed by atoms with van der Waals surface area (Å²) < 4.78 is 5.69. The summed E-state index contributed by atoms with van der Waals surface area (Å²) in [5.41, 5.74) is 2.69. The molecule has 5 nitrogen and oxygen atoms in total. The molecule has 0 aromatic heterocycles. The molecule has 0 spiro atoms. The molecule has 0 unspecified atom stereocenters. The van der Waals surface area contributed by atoms with E-state index in [9.17, 15) is 9.59 Å². The quantitative estimate of drug-likeness (QED) is 0.848. The van der Waals surface area contributed by atoms with Gasteiger partial charge < -0.3 is 15.4 Å². The van der Waals surface area contributed by atoms with Gasteiger partial charge in [0.25, 0.3) is 5.91 Å². The Morgan fingerprint density at radius 2 is 1.85 bits per heavy atom. The number of fused-ring (bicyclic) bond motifs is 1. The molecule has 1 aliphatic carbocycles. The van der Waals surface area contributed by atoms with Crippen molar-refractivity contribution in [2.75, 3.05) is 5.32 Å². The van der Waals surface area contributed by atoms with Crippen molar-refractivity contribution in [2.24, 2.45) is 5.92 Å². The molecular formula is C20H19ClN2O3. The summed E-state index contributed by atoms with van der Waals surface area (Å²) in [5, 5.41) is 6.43. The average Bonchev–Trinajstić information content (AvgIpc) is 3.40. The first-order valence-corrected chi connectivity index (χ1v) is 9.09. The first-order valence-electron chi connectivity index (χ1n) is 8.71. The van der Waals surface area contributed by atoms with Crippen LogP contribution >= 0.6 is 11.6 Å². The lowest BCUT2D eigenvalue weighted by Crippen LogP contribution is -2.37. The lowest BCUT2D eigenvalue weighted by Gasteiger charge is -2.12. The van der Waals surface area contributed by atoms with Crippen LogP contribution in [0.2, 0.25) is 5.02 Å². The first kappa shape index (κ1) is 16.9. The molecule has 1 heterocycles. The molecule has 0 radical (unpaired) electrons. The second kappa shape index (κ2) is 7.00. The van der Waals surface area contributed by atoms with Crippen LogP contribution in [0.25, 0.3) is 0 Å². The molecule has 2 N–H and O–H groups in total. The van der Waals surface area contributed by atoms with Gasteiger partial charge >= 0.3 is 0 Å². The normalized spacial score (nSPS) is 18.0. The van der Waals surface area contributed by atoms with Gasteiger partial charge in [0.1, 0.15) is 5.75 Å². The fourth-order valence-electron chi connectivity index (χ4n) is 2.96. The molecule has 4 rings (SSSR count). The molecule has 2 aliphatic rings. The Balaban J connectivity index is 1.28. The average molecular weight is 371 g/mol. The van der Waals surface area contributed by atoms with Crippen molar-refractivity contribution in [3.63, 3.8) is 0 Å². The van der Waals surface area contributed by atoms with E-state index < -0.39 is 6.10 Å². The van der Waals surface area contributed by atoms with E-state index in [0.29, 0.717) is 23.7 Å². The number of ether oxygens (including phenoxy) is 1. The summed E-state index contributed by atoms with van der Waals surface area (Å²) >= 11 is 5.97. The minimum absolute atomic E-state index is 0.0871. The molecule has 0 bridgehead atoms. The Bertz CT molecular complexity index is 847. The summed E-state index contributed by atoms with van der Waals surface area (Å²) in [7, 11) is 0. The van der Waals surface area contributed by atoms with Gasteiger partial charge in [0.2, 0.25) is 5.91 Å². The molecule has 2 aromatic rings. The third-order valence-electron chi connectivity index (χ3n) is 4.63. The van der Waals surface area contributed by atoms with Crippen molar-refractivity contribution < 1.29 is 14.3 Å². The lowest BCUT2D eigenvalue weighted by atomic mass is 10.1. The maximum absolute atomic E-state index is 12.3. The van der Waals surface area contributed by atoms with E-state index in [-0.39, 0.29) is 17.7 Å². The highest BCUT2D eigenvalue weighted by atomic mass is 35.5. The van der Waals surface area contributed by atoms with Crippen LogP contribution in [0.3, 0.4) is 0 Å². The zero-order valence-electron chi connectivity index (χ0n) is 14.1. The highest BCUT2D eigenvalue weighted by molar-refractivity contribution is 6.30. The Morgan fingerprint density at radius 3 is 2.58 bits per heavy atom. The van der Waals surface area contributed by atoms with Gasteiger partial charge in [-0.15, -0.1) is 0 Å². The predicted octanol–water partition coefficient (Wildman–Crippen LogP) is 3.31. The number of hydrogen-bond donors (Lipinski definition) is 2. The molecule has 1 saturated carbocycles. The highest BCUT2D eigenvalue weighted by Gasteiger charge is 2.30. The molecular weight excluding hydrogens is 352 g/mol. The molecule has 6 heteroatoms. The molecule has 1 atom stereocenters. The molecule has 26 heavy (non-hydrogen) atoms. The summed E-state index contributed by atoms with van der Waals surface area (Å²) in [6, 6.07) is 12.9. The topological polar surface area (TPSA) is 67.4 Å². The van der Waals surface area contributed by atoms with Crippen LogP contribution in [-0.2, 0) is 22.6 Å². The third kappa shape index (κ3) is 3.83. The summed E-state index contributed by atoms with van der Waals surface area (Å²) in [4.78, 5) is 24.1. The number of nitrogens with one attached hydrogen (secondary N) is 2. The van der Waals surface area contributed by atoms with E-state index in [1.54, 1.807) is 12.1 Å². The smallest absolute Gasteiger partial charge is 0.261 e. The van der Waals surface area contributed by atoms with Crippen molar-refractivity contribution in [1.82, 2.24) is 5.32 Å². The fraction of sp³-hybridized carbons (Fsp3) is 0.300. The van der Waals surface area contributed by atoms with Crippen LogP contribution in [0.4, 0.5) is 5.69 Å². The highest BCUT2D eigenvalue weighted by Crippen LogP contribution is 2.31. The first-order chi connectivity index (χ1) is 12.6. The number of benzene rings is 2. The van der Waals surface area contributed by atoms with Crippen LogP contribution in [-0.4, -0.2) is 17.9 Å². The zero-order chi connectivity index (χ0) is 18.1. The SMILES string of the molecule is O=C(Nc1ccc(CNC(=O)[C@@H]2Cc3cc(Cl)ccc3O2)cc1)C1CC1. The van der Waals surface area contributed by atoms with Gasteiger partial charge in [-0.1, -0.05) is 23.7 Å². The van der Waals surface area contributed by atoms with Crippen LogP contribution in [0.1, 0.15) is 24.0 Å². The Hall–Kier alpha value is -2.53. The van der Waals surface area contributed by atoms with Gasteiger partial charge in [-0.05, 0) is 54.3 Å². The van der Waals surface area contributed by atoms with Crippen molar-refractivity contribution in [1.29, 1.82) is 0 Å². The van der Waals surface area contributed by atoms with Crippen molar-refractivity contribution in [3.05, 3.63) is 58.6 Å². The Morgan fingerprint density at radius 1 is 1.08 bits per heavy atom. The van der Waals surface area contributed by atoms with Gasteiger partial charge in [-0.2, -0.15) is 0 Å². The van der Waals surface area contributed by atoms with Gasteiger partial charge in [-0.3, -0.25) is 9.59 Å². The summed E-state index contributed by atoms with van der Waals surface area (Å²) in [6.45, 7) is 0.409. The van der Waals surface area contributed by atoms with E-state index in [4.69, 9.17) is 16.3 Å². The van der Waals surface area contributed by atoms with Crippen LogP contribution < -0.4 is 15.4 Å². The van der Waals surface area contributed by atoms with Gasteiger partial charge in [0.05, 0.1) is 0 Å². The van der Waals surface area contributed by atoms with E-state index in [1.165, 1.54) is 0 Å². The number of rotatable bonds is 5. The van der Waals surface area contributed by atoms with Gasteiger partial charge in [0.15, 0.2) is 6.10 Å². The van der Waals surface area contributed by atoms with Crippen molar-refractivity contribution in [3.8, 4) is 5.75 Å². The zero-order valence-corrected chi connectivity index (χ0v) is 14.9. The largest absolute Gasteiger partial charge is 0.480 e. The second-order valence-corrected chi connectivity index (χ2v) is 7.18. The predicted molar refractivity (Wildman–Crippen MR) is 99.2 cm³/mol. The standard InChI is InChI=1S/C20H19ClN2O3/c21-15-5-8-17-14(9-15)10-18(26-17)20(25)22-11-12-1-6-16(7-2-12)23-19(24)13-3-4-13/h1-2,5-9,13,18H,3-4,10-11H2,(H,22,25)(H,23,24)/t18-/m0/s1. The Labute approximate surface area is 156 Å². The van der Waals surface area contributed by atoms with E-state index >= 15 is 0 Å². The fourth-order valence-corrected chi connectivity index (χ4v) is 3.16. The van der Waals surface area contributed by atoms with E-state index in [0.717, 1.165) is 29.7 Å². The minimum Gasteiger partial charge on any atom is -0.480 e. The van der Waals surface area contributed by atoms with Gasteiger partial charge in [-0.25, -0.2) is 0 Å². The summed E-state index contributed by atoms with van der Waals surface area (Å²) in [5.74, 6) is 0.831. The molecule has 2 amide bonds.